The molecule has 0 atom stereocenters. The minimum absolute atomic E-state index is 0.113. The molecule has 6 heteroatoms. The molecule has 1 aliphatic heterocycles. The van der Waals surface area contributed by atoms with E-state index >= 15 is 0 Å². The molecule has 0 aromatic carbocycles. The van der Waals surface area contributed by atoms with Crippen molar-refractivity contribution in [3.05, 3.63) is 21.6 Å². The largest absolute Gasteiger partial charge is 0.292 e. The fourth-order valence-corrected chi connectivity index (χ4v) is 3.02. The summed E-state index contributed by atoms with van der Waals surface area (Å²) >= 11 is 0. The van der Waals surface area contributed by atoms with Crippen LogP contribution in [0, 0.1) is 0 Å². The molecule has 5 nitrogen and oxygen atoms in total. The maximum atomic E-state index is 11.2. The molecule has 1 N–H and O–H groups in total. The Morgan fingerprint density at radius 1 is 1.46 bits per heavy atom. The molecule has 0 fully saturated rings. The molecule has 0 saturated carbocycles. The summed E-state index contributed by atoms with van der Waals surface area (Å²) in [5, 5.41) is 2.55. The van der Waals surface area contributed by atoms with Crippen LogP contribution in [0.2, 0.25) is 0 Å². The molecule has 0 saturated heterocycles. The highest BCUT2D eigenvalue weighted by Gasteiger charge is 2.26. The van der Waals surface area contributed by atoms with E-state index in [-0.39, 0.29) is 17.1 Å². The molecule has 2 heterocycles. The van der Waals surface area contributed by atoms with Gasteiger partial charge in [-0.25, -0.2) is 8.42 Å². The van der Waals surface area contributed by atoms with Gasteiger partial charge in [0.05, 0.1) is 17.1 Å². The number of aryl methyl sites for hydroxylation is 1. The van der Waals surface area contributed by atoms with E-state index in [9.17, 15) is 13.2 Å². The van der Waals surface area contributed by atoms with E-state index in [2.05, 4.69) is 5.10 Å². The van der Waals surface area contributed by atoms with Crippen molar-refractivity contribution < 1.29 is 8.42 Å². The molecule has 1 aromatic heterocycles. The Labute approximate surface area is 75.3 Å². The second-order valence-electron chi connectivity index (χ2n) is 3.27. The summed E-state index contributed by atoms with van der Waals surface area (Å²) < 4.78 is 24.0. The highest BCUT2D eigenvalue weighted by Crippen LogP contribution is 2.16. The first-order chi connectivity index (χ1) is 5.99. The van der Waals surface area contributed by atoms with Crippen LogP contribution in [0.15, 0.2) is 4.79 Å². The van der Waals surface area contributed by atoms with E-state index in [1.807, 2.05) is 0 Å². The van der Waals surface area contributed by atoms with Crippen LogP contribution >= 0.6 is 0 Å². The van der Waals surface area contributed by atoms with E-state index in [0.717, 1.165) is 5.69 Å². The number of fused-ring (bicyclic) bond motifs is 1. The quantitative estimate of drug-likeness (QED) is 0.597. The van der Waals surface area contributed by atoms with Gasteiger partial charge in [-0.1, -0.05) is 0 Å². The van der Waals surface area contributed by atoms with Crippen LogP contribution in [0.3, 0.4) is 0 Å². The molecule has 0 spiro atoms. The molecule has 0 radical (unpaired) electrons. The molecule has 72 valence electrons. The van der Waals surface area contributed by atoms with Crippen molar-refractivity contribution in [1.29, 1.82) is 0 Å². The average Bonchev–Trinajstić information content (AvgIpc) is 2.26. The SMILES string of the molecule is Cn1[nH]c(=O)c2c1CCS(=O)(=O)C2. The Bertz CT molecular complexity index is 494. The predicted octanol–water partition coefficient (Wildman–Crippen LogP) is -0.816. The molecular formula is C7H10N2O3S. The van der Waals surface area contributed by atoms with Gasteiger partial charge in [0.2, 0.25) is 0 Å². The van der Waals surface area contributed by atoms with Gasteiger partial charge in [0.15, 0.2) is 9.84 Å². The number of nitrogens with zero attached hydrogens (tertiary/aromatic N) is 1. The Balaban J connectivity index is 2.64. The van der Waals surface area contributed by atoms with Gasteiger partial charge in [-0.2, -0.15) is 0 Å². The van der Waals surface area contributed by atoms with Crippen molar-refractivity contribution in [3.8, 4) is 0 Å². The Hall–Kier alpha value is -1.04. The van der Waals surface area contributed by atoms with Gasteiger partial charge in [0, 0.05) is 19.2 Å². The molecule has 1 aromatic rings. The van der Waals surface area contributed by atoms with Crippen molar-refractivity contribution in [1.82, 2.24) is 9.78 Å². The fraction of sp³-hybridized carbons (Fsp3) is 0.571. The van der Waals surface area contributed by atoms with Crippen molar-refractivity contribution in [2.75, 3.05) is 5.75 Å². The van der Waals surface area contributed by atoms with Crippen LogP contribution in [0.4, 0.5) is 0 Å². The third-order valence-electron chi connectivity index (χ3n) is 2.31. The highest BCUT2D eigenvalue weighted by atomic mass is 32.2. The standard InChI is InChI=1S/C7H10N2O3S/c1-9-6-2-3-13(11,12)4-5(6)7(10)8-9/h2-4H2,1H3,(H,8,10). The van der Waals surface area contributed by atoms with Crippen LogP contribution < -0.4 is 5.56 Å². The molecule has 0 amide bonds. The number of rotatable bonds is 0. The lowest BCUT2D eigenvalue weighted by Gasteiger charge is -2.11. The van der Waals surface area contributed by atoms with Crippen LogP contribution in [0.25, 0.3) is 0 Å². The second kappa shape index (κ2) is 2.47. The molecule has 0 unspecified atom stereocenters. The number of aromatic nitrogens is 2. The van der Waals surface area contributed by atoms with Gasteiger partial charge in [0.1, 0.15) is 0 Å². The summed E-state index contributed by atoms with van der Waals surface area (Å²) in [5.41, 5.74) is 0.953. The number of aromatic amines is 1. The first-order valence-electron chi connectivity index (χ1n) is 3.97. The minimum Gasteiger partial charge on any atom is -0.292 e. The van der Waals surface area contributed by atoms with E-state index in [4.69, 9.17) is 0 Å². The average molecular weight is 202 g/mol. The molecule has 13 heavy (non-hydrogen) atoms. The Kier molecular flexibility index (Phi) is 1.63. The molecule has 0 aliphatic carbocycles. The van der Waals surface area contributed by atoms with Crippen molar-refractivity contribution in [2.45, 2.75) is 12.2 Å². The minimum atomic E-state index is -3.04. The lowest BCUT2D eigenvalue weighted by molar-refractivity contribution is 0.589. The number of H-pyrrole nitrogens is 1. The van der Waals surface area contributed by atoms with Gasteiger partial charge in [-0.15, -0.1) is 0 Å². The van der Waals surface area contributed by atoms with Crippen LogP contribution in [-0.2, 0) is 29.1 Å². The van der Waals surface area contributed by atoms with E-state index < -0.39 is 9.84 Å². The zero-order valence-electron chi connectivity index (χ0n) is 7.20. The van der Waals surface area contributed by atoms with E-state index in [1.54, 1.807) is 11.7 Å². The van der Waals surface area contributed by atoms with Crippen molar-refractivity contribution in [2.24, 2.45) is 7.05 Å². The summed E-state index contributed by atoms with van der Waals surface area (Å²) in [5.74, 6) is 0.0314. The number of nitrogens with one attached hydrogen (secondary N) is 1. The van der Waals surface area contributed by atoms with Gasteiger partial charge < -0.3 is 0 Å². The zero-order valence-corrected chi connectivity index (χ0v) is 8.02. The molecule has 2 rings (SSSR count). The zero-order chi connectivity index (χ0) is 9.64. The fourth-order valence-electron chi connectivity index (χ4n) is 1.63. The Morgan fingerprint density at radius 3 is 2.85 bits per heavy atom. The highest BCUT2D eigenvalue weighted by molar-refractivity contribution is 7.90. The first-order valence-corrected chi connectivity index (χ1v) is 5.79. The summed E-state index contributed by atoms with van der Waals surface area (Å²) in [6.07, 6.45) is 0.437. The van der Waals surface area contributed by atoms with Crippen LogP contribution in [0.1, 0.15) is 11.3 Å². The van der Waals surface area contributed by atoms with Crippen molar-refractivity contribution in [3.63, 3.8) is 0 Å². The predicted molar refractivity (Wildman–Crippen MR) is 47.2 cm³/mol. The third kappa shape index (κ3) is 1.31. The summed E-state index contributed by atoms with van der Waals surface area (Å²) in [7, 11) is -1.32. The first kappa shape index (κ1) is 8.55. The number of hydrogen-bond donors (Lipinski definition) is 1. The summed E-state index contributed by atoms with van der Waals surface area (Å²) in [4.78, 5) is 11.2. The van der Waals surface area contributed by atoms with Gasteiger partial charge in [0.25, 0.3) is 5.56 Å². The normalized spacial score (nSPS) is 19.8. The molecule has 0 bridgehead atoms. The lowest BCUT2D eigenvalue weighted by atomic mass is 10.2. The molecule has 1 aliphatic rings. The summed E-state index contributed by atoms with van der Waals surface area (Å²) in [6.45, 7) is 0. The van der Waals surface area contributed by atoms with E-state index in [1.165, 1.54) is 0 Å². The molecular weight excluding hydrogens is 192 g/mol. The Morgan fingerprint density at radius 2 is 2.15 bits per heavy atom. The number of hydrogen-bond acceptors (Lipinski definition) is 3. The van der Waals surface area contributed by atoms with Gasteiger partial charge >= 0.3 is 0 Å². The number of sulfone groups is 1. The van der Waals surface area contributed by atoms with Gasteiger partial charge in [-0.05, 0) is 0 Å². The van der Waals surface area contributed by atoms with Crippen LogP contribution in [-0.4, -0.2) is 24.0 Å². The van der Waals surface area contributed by atoms with E-state index in [0.29, 0.717) is 12.0 Å². The topological polar surface area (TPSA) is 71.9 Å². The second-order valence-corrected chi connectivity index (χ2v) is 5.45. The smallest absolute Gasteiger partial charge is 0.268 e. The summed E-state index contributed by atoms with van der Waals surface area (Å²) in [6, 6.07) is 0. The lowest BCUT2D eigenvalue weighted by Crippen LogP contribution is -2.22. The van der Waals surface area contributed by atoms with Gasteiger partial charge in [-0.3, -0.25) is 14.6 Å². The third-order valence-corrected chi connectivity index (χ3v) is 3.87. The maximum Gasteiger partial charge on any atom is 0.268 e. The maximum absolute atomic E-state index is 11.2. The van der Waals surface area contributed by atoms with Crippen LogP contribution in [0.5, 0.6) is 0 Å². The van der Waals surface area contributed by atoms with Crippen molar-refractivity contribution >= 4 is 9.84 Å². The monoisotopic (exact) mass is 202 g/mol.